The van der Waals surface area contributed by atoms with Crippen LogP contribution >= 0.6 is 12.4 Å². The van der Waals surface area contributed by atoms with Crippen molar-refractivity contribution in [1.82, 2.24) is 0 Å². The maximum Gasteiger partial charge on any atom is 0.0798 e. The molecule has 3 aromatic carbocycles. The van der Waals surface area contributed by atoms with Crippen molar-refractivity contribution in [2.24, 2.45) is 0 Å². The first kappa shape index (κ1) is 15.6. The second-order valence-corrected chi connectivity index (χ2v) is 5.79. The number of para-hydroxylation sites is 1. The number of benzene rings is 3. The highest BCUT2D eigenvalue weighted by atomic mass is 35.5. The zero-order valence-corrected chi connectivity index (χ0v) is 13.7. The molecule has 4 rings (SSSR count). The van der Waals surface area contributed by atoms with E-state index >= 15 is 0 Å². The molecular formula is C21H20ClN. The Morgan fingerprint density at radius 1 is 0.696 bits per heavy atom. The van der Waals surface area contributed by atoms with Crippen molar-refractivity contribution >= 4 is 18.1 Å². The van der Waals surface area contributed by atoms with E-state index in [9.17, 15) is 0 Å². The van der Waals surface area contributed by atoms with E-state index in [2.05, 4.69) is 89.8 Å². The lowest BCUT2D eigenvalue weighted by molar-refractivity contribution is 0.653. The van der Waals surface area contributed by atoms with Crippen molar-refractivity contribution in [3.63, 3.8) is 0 Å². The second-order valence-electron chi connectivity index (χ2n) is 5.79. The van der Waals surface area contributed by atoms with Crippen LogP contribution in [0.15, 0.2) is 84.9 Å². The van der Waals surface area contributed by atoms with Crippen LogP contribution in [0.4, 0.5) is 5.69 Å². The molecule has 1 nitrogen and oxygen atoms in total. The monoisotopic (exact) mass is 321 g/mol. The van der Waals surface area contributed by atoms with Crippen molar-refractivity contribution in [2.45, 2.75) is 12.5 Å². The number of rotatable bonds is 2. The molecule has 0 saturated carbocycles. The van der Waals surface area contributed by atoms with Crippen LogP contribution in [0.1, 0.15) is 22.7 Å². The topological polar surface area (TPSA) is 3.24 Å². The van der Waals surface area contributed by atoms with Crippen LogP contribution in [0, 0.1) is 0 Å². The van der Waals surface area contributed by atoms with Crippen LogP contribution in [0.2, 0.25) is 0 Å². The third kappa shape index (κ3) is 2.97. The van der Waals surface area contributed by atoms with Gasteiger partial charge in [-0.1, -0.05) is 72.8 Å². The van der Waals surface area contributed by atoms with E-state index in [1.807, 2.05) is 0 Å². The average molecular weight is 322 g/mol. The van der Waals surface area contributed by atoms with Gasteiger partial charge in [-0.3, -0.25) is 0 Å². The van der Waals surface area contributed by atoms with E-state index in [0.717, 1.165) is 13.0 Å². The van der Waals surface area contributed by atoms with Crippen LogP contribution < -0.4 is 4.90 Å². The van der Waals surface area contributed by atoms with Crippen molar-refractivity contribution in [3.8, 4) is 0 Å². The zero-order chi connectivity index (χ0) is 14.8. The molecule has 1 aliphatic heterocycles. The minimum Gasteiger partial charge on any atom is -0.360 e. The Labute approximate surface area is 144 Å². The highest BCUT2D eigenvalue weighted by Crippen LogP contribution is 2.37. The van der Waals surface area contributed by atoms with Crippen LogP contribution in [-0.4, -0.2) is 6.54 Å². The van der Waals surface area contributed by atoms with Gasteiger partial charge in [-0.05, 0) is 35.2 Å². The molecule has 1 aliphatic rings. The molecule has 0 fully saturated rings. The van der Waals surface area contributed by atoms with Gasteiger partial charge in [0.05, 0.1) is 6.04 Å². The Kier molecular flexibility index (Phi) is 4.68. The summed E-state index contributed by atoms with van der Waals surface area (Å²) in [6.07, 6.45) is 1.11. The highest BCUT2D eigenvalue weighted by molar-refractivity contribution is 5.85. The first-order valence-corrected chi connectivity index (χ1v) is 7.88. The van der Waals surface area contributed by atoms with Crippen LogP contribution in [0.3, 0.4) is 0 Å². The van der Waals surface area contributed by atoms with Crippen LogP contribution in [0.5, 0.6) is 0 Å². The molecule has 0 amide bonds. The lowest BCUT2D eigenvalue weighted by Gasteiger charge is -2.39. The van der Waals surface area contributed by atoms with Gasteiger partial charge in [0.2, 0.25) is 0 Å². The Morgan fingerprint density at radius 3 is 2.04 bits per heavy atom. The van der Waals surface area contributed by atoms with Gasteiger partial charge in [-0.15, -0.1) is 12.4 Å². The Hall–Kier alpha value is -2.25. The van der Waals surface area contributed by atoms with Gasteiger partial charge in [0.1, 0.15) is 0 Å². The molecule has 0 N–H and O–H groups in total. The van der Waals surface area contributed by atoms with Crippen molar-refractivity contribution in [2.75, 3.05) is 11.4 Å². The predicted molar refractivity (Wildman–Crippen MR) is 99.5 cm³/mol. The molecule has 1 unspecified atom stereocenters. The van der Waals surface area contributed by atoms with Gasteiger partial charge in [0.15, 0.2) is 0 Å². The van der Waals surface area contributed by atoms with Gasteiger partial charge in [-0.2, -0.15) is 0 Å². The molecule has 116 valence electrons. The summed E-state index contributed by atoms with van der Waals surface area (Å²) in [4.78, 5) is 2.53. The molecule has 0 saturated heterocycles. The first-order chi connectivity index (χ1) is 10.9. The SMILES string of the molecule is Cl.c1ccc(C2c3ccccc3CCN2c2ccccc2)cc1. The second kappa shape index (κ2) is 6.89. The number of nitrogens with zero attached hydrogens (tertiary/aromatic N) is 1. The number of anilines is 1. The summed E-state index contributed by atoms with van der Waals surface area (Å²) in [6.45, 7) is 1.06. The summed E-state index contributed by atoms with van der Waals surface area (Å²) in [6, 6.07) is 30.7. The quantitative estimate of drug-likeness (QED) is 0.622. The van der Waals surface area contributed by atoms with Gasteiger partial charge >= 0.3 is 0 Å². The highest BCUT2D eigenvalue weighted by Gasteiger charge is 2.28. The third-order valence-electron chi connectivity index (χ3n) is 4.49. The molecule has 1 atom stereocenters. The van der Waals surface area contributed by atoms with Gasteiger partial charge in [0, 0.05) is 12.2 Å². The van der Waals surface area contributed by atoms with Gasteiger partial charge in [-0.25, -0.2) is 0 Å². The summed E-state index contributed by atoms with van der Waals surface area (Å²) >= 11 is 0. The van der Waals surface area contributed by atoms with E-state index in [1.165, 1.54) is 22.4 Å². The van der Waals surface area contributed by atoms with Crippen LogP contribution in [-0.2, 0) is 6.42 Å². The summed E-state index contributed by atoms with van der Waals surface area (Å²) in [5, 5.41) is 0. The van der Waals surface area contributed by atoms with Crippen LogP contribution in [0.25, 0.3) is 0 Å². The van der Waals surface area contributed by atoms with Crippen molar-refractivity contribution in [3.05, 3.63) is 102 Å². The van der Waals surface area contributed by atoms with Crippen molar-refractivity contribution in [1.29, 1.82) is 0 Å². The number of halogens is 1. The van der Waals surface area contributed by atoms with E-state index in [1.54, 1.807) is 0 Å². The zero-order valence-electron chi connectivity index (χ0n) is 12.9. The van der Waals surface area contributed by atoms with E-state index < -0.39 is 0 Å². The van der Waals surface area contributed by atoms with E-state index in [4.69, 9.17) is 0 Å². The first-order valence-electron chi connectivity index (χ1n) is 7.88. The third-order valence-corrected chi connectivity index (χ3v) is 4.49. The van der Waals surface area contributed by atoms with Crippen molar-refractivity contribution < 1.29 is 0 Å². The Morgan fingerprint density at radius 2 is 1.30 bits per heavy atom. The standard InChI is InChI=1S/C21H19N.ClH/c1-3-10-18(11-4-1)21-20-14-8-7-9-17(20)15-16-22(21)19-12-5-2-6-13-19;/h1-14,21H,15-16H2;1H. The summed E-state index contributed by atoms with van der Waals surface area (Å²) in [7, 11) is 0. The molecule has 0 aromatic heterocycles. The lowest BCUT2D eigenvalue weighted by atomic mass is 9.88. The number of hydrogen-bond donors (Lipinski definition) is 0. The lowest BCUT2D eigenvalue weighted by Crippen LogP contribution is -2.36. The molecule has 0 aliphatic carbocycles. The van der Waals surface area contributed by atoms with Gasteiger partial charge in [0.25, 0.3) is 0 Å². The average Bonchev–Trinajstić information content (AvgIpc) is 2.62. The molecule has 23 heavy (non-hydrogen) atoms. The number of fused-ring (bicyclic) bond motifs is 1. The Bertz CT molecular complexity index is 755. The van der Waals surface area contributed by atoms with E-state index in [0.29, 0.717) is 6.04 Å². The van der Waals surface area contributed by atoms with Gasteiger partial charge < -0.3 is 4.90 Å². The van der Waals surface area contributed by atoms with E-state index in [-0.39, 0.29) is 12.4 Å². The molecule has 3 aromatic rings. The normalized spacial score (nSPS) is 16.3. The number of hydrogen-bond acceptors (Lipinski definition) is 1. The predicted octanol–water partition coefficient (Wildman–Crippen LogP) is 5.26. The fourth-order valence-corrected chi connectivity index (χ4v) is 3.46. The molecule has 1 heterocycles. The summed E-state index contributed by atoms with van der Waals surface area (Å²) < 4.78 is 0. The minimum absolute atomic E-state index is 0. The molecule has 0 bridgehead atoms. The maximum atomic E-state index is 2.53. The maximum absolute atomic E-state index is 2.53. The summed E-state index contributed by atoms with van der Waals surface area (Å²) in [5.74, 6) is 0. The Balaban J connectivity index is 0.00000156. The molecule has 0 radical (unpaired) electrons. The molecule has 2 heteroatoms. The summed E-state index contributed by atoms with van der Waals surface area (Å²) in [5.41, 5.74) is 5.57. The fourth-order valence-electron chi connectivity index (χ4n) is 3.46. The molecular weight excluding hydrogens is 302 g/mol. The largest absolute Gasteiger partial charge is 0.360 e. The fraction of sp³-hybridized carbons (Fsp3) is 0.143. The smallest absolute Gasteiger partial charge is 0.0798 e. The molecule has 0 spiro atoms. The minimum atomic E-state index is 0.